The van der Waals surface area contributed by atoms with E-state index >= 15 is 0 Å². The maximum absolute atomic E-state index is 14.5. The largest absolute Gasteiger partial charge is 0.328 e. The van der Waals surface area contributed by atoms with E-state index in [0.29, 0.717) is 13.0 Å². The molecule has 0 N–H and O–H groups in total. The highest BCUT2D eigenvalue weighted by molar-refractivity contribution is 5.75. The second-order valence-electron chi connectivity index (χ2n) is 7.96. The molecule has 3 atom stereocenters. The molecule has 0 aliphatic carbocycles. The van der Waals surface area contributed by atoms with E-state index in [4.69, 9.17) is 0 Å². The number of hydrogen-bond donors (Lipinski definition) is 0. The second-order valence-corrected chi connectivity index (χ2v) is 7.96. The average molecular weight is 366 g/mol. The van der Waals surface area contributed by atoms with Gasteiger partial charge in [-0.25, -0.2) is 9.18 Å². The maximum Gasteiger partial charge on any atom is 0.320 e. The number of benzene rings is 2. The van der Waals surface area contributed by atoms with Crippen LogP contribution in [0.3, 0.4) is 0 Å². The summed E-state index contributed by atoms with van der Waals surface area (Å²) in [7, 11) is 1.83. The minimum atomic E-state index is -0.954. The Morgan fingerprint density at radius 2 is 1.93 bits per heavy atom. The highest BCUT2D eigenvalue weighted by Crippen LogP contribution is 2.32. The van der Waals surface area contributed by atoms with Gasteiger partial charge in [-0.2, -0.15) is 0 Å². The van der Waals surface area contributed by atoms with Gasteiger partial charge in [0.05, 0.1) is 6.54 Å². The highest BCUT2D eigenvalue weighted by Gasteiger charge is 2.42. The van der Waals surface area contributed by atoms with Crippen molar-refractivity contribution >= 4 is 6.03 Å². The fourth-order valence-corrected chi connectivity index (χ4v) is 4.48. The number of urea groups is 1. The Bertz CT molecular complexity index is 837. The first-order valence-corrected chi connectivity index (χ1v) is 9.87. The van der Waals surface area contributed by atoms with E-state index in [-0.39, 0.29) is 24.5 Å². The number of halogens is 1. The molecule has 3 unspecified atom stereocenters. The van der Waals surface area contributed by atoms with Crippen LogP contribution in [-0.2, 0) is 12.8 Å². The van der Waals surface area contributed by atoms with Crippen LogP contribution in [0.1, 0.15) is 24.5 Å². The number of hydrogen-bond acceptors (Lipinski definition) is 1. The summed E-state index contributed by atoms with van der Waals surface area (Å²) in [6, 6.07) is 16.9. The minimum Gasteiger partial charge on any atom is -0.328 e. The van der Waals surface area contributed by atoms with E-state index < -0.39 is 6.17 Å². The predicted molar refractivity (Wildman–Crippen MR) is 106 cm³/mol. The summed E-state index contributed by atoms with van der Waals surface area (Å²) >= 11 is 0. The van der Waals surface area contributed by atoms with Crippen molar-refractivity contribution in [3.8, 4) is 11.1 Å². The van der Waals surface area contributed by atoms with Gasteiger partial charge in [-0.15, -0.1) is 0 Å². The molecule has 0 radical (unpaired) electrons. The zero-order valence-electron chi connectivity index (χ0n) is 16.1. The summed E-state index contributed by atoms with van der Waals surface area (Å²) in [6.07, 6.45) is 1.55. The fraction of sp³-hybridized carbons (Fsp3) is 0.435. The Morgan fingerprint density at radius 1 is 1.11 bits per heavy atom. The first-order chi connectivity index (χ1) is 13.0. The number of alkyl halides is 1. The van der Waals surface area contributed by atoms with Crippen LogP contribution in [-0.4, -0.2) is 48.2 Å². The molecule has 2 aliphatic rings. The molecule has 1 saturated heterocycles. The van der Waals surface area contributed by atoms with Gasteiger partial charge in [-0.3, -0.25) is 0 Å². The lowest BCUT2D eigenvalue weighted by atomic mass is 9.92. The van der Waals surface area contributed by atoms with Gasteiger partial charge in [0.1, 0.15) is 6.17 Å². The molecule has 2 aromatic carbocycles. The monoisotopic (exact) mass is 366 g/mol. The van der Waals surface area contributed by atoms with Gasteiger partial charge in [0.25, 0.3) is 0 Å². The normalized spacial score (nSPS) is 25.9. The molecule has 2 amide bonds. The number of amides is 2. The third-order valence-electron chi connectivity index (χ3n) is 6.16. The molecular formula is C23H27FN2O. The van der Waals surface area contributed by atoms with Crippen LogP contribution in [0.5, 0.6) is 0 Å². The summed E-state index contributed by atoms with van der Waals surface area (Å²) in [6.45, 7) is 2.81. The molecule has 0 saturated carbocycles. The summed E-state index contributed by atoms with van der Waals surface area (Å²) in [5, 5.41) is 0. The molecule has 0 aromatic heterocycles. The lowest BCUT2D eigenvalue weighted by molar-refractivity contribution is 0.152. The topological polar surface area (TPSA) is 23.6 Å². The van der Waals surface area contributed by atoms with E-state index in [1.807, 2.05) is 14.0 Å². The van der Waals surface area contributed by atoms with Crippen molar-refractivity contribution < 1.29 is 9.18 Å². The van der Waals surface area contributed by atoms with Gasteiger partial charge in [0, 0.05) is 25.6 Å². The molecule has 2 aliphatic heterocycles. The van der Waals surface area contributed by atoms with Crippen molar-refractivity contribution in [3.05, 3.63) is 59.7 Å². The molecule has 2 aromatic rings. The second kappa shape index (κ2) is 7.34. The Morgan fingerprint density at radius 3 is 2.78 bits per heavy atom. The van der Waals surface area contributed by atoms with E-state index in [2.05, 4.69) is 48.5 Å². The molecule has 4 rings (SSSR count). The van der Waals surface area contributed by atoms with Gasteiger partial charge >= 0.3 is 6.03 Å². The van der Waals surface area contributed by atoms with Crippen molar-refractivity contribution in [1.29, 1.82) is 0 Å². The smallest absolute Gasteiger partial charge is 0.320 e. The molecule has 2 heterocycles. The molecule has 2 bridgehead atoms. The SMILES string of the molecule is CC1C(F)CN2C(=O)N(C)CCCc3ccccc3-c3cccc(c3)CC12. The third-order valence-corrected chi connectivity index (χ3v) is 6.16. The Kier molecular flexibility index (Phi) is 4.90. The van der Waals surface area contributed by atoms with Crippen LogP contribution in [0, 0.1) is 5.92 Å². The van der Waals surface area contributed by atoms with Crippen LogP contribution in [0.15, 0.2) is 48.5 Å². The molecule has 1 fully saturated rings. The minimum absolute atomic E-state index is 0.0457. The number of rotatable bonds is 0. The van der Waals surface area contributed by atoms with Crippen molar-refractivity contribution in [2.45, 2.75) is 38.4 Å². The van der Waals surface area contributed by atoms with Crippen LogP contribution in [0.25, 0.3) is 11.1 Å². The van der Waals surface area contributed by atoms with Crippen LogP contribution in [0.4, 0.5) is 9.18 Å². The Hall–Kier alpha value is -2.36. The van der Waals surface area contributed by atoms with Crippen molar-refractivity contribution in [2.75, 3.05) is 20.1 Å². The maximum atomic E-state index is 14.5. The molecule has 4 heteroatoms. The van der Waals surface area contributed by atoms with E-state index in [9.17, 15) is 9.18 Å². The van der Waals surface area contributed by atoms with E-state index in [1.165, 1.54) is 16.7 Å². The number of nitrogens with zero attached hydrogens (tertiary/aromatic N) is 2. The number of aryl methyl sites for hydroxylation is 1. The van der Waals surface area contributed by atoms with Crippen LogP contribution >= 0.6 is 0 Å². The summed E-state index contributed by atoms with van der Waals surface area (Å²) in [5.41, 5.74) is 4.93. The van der Waals surface area contributed by atoms with Gasteiger partial charge in [0.15, 0.2) is 0 Å². The molecule has 0 spiro atoms. The Labute approximate surface area is 160 Å². The van der Waals surface area contributed by atoms with Gasteiger partial charge in [0.2, 0.25) is 0 Å². The summed E-state index contributed by atoms with van der Waals surface area (Å²) in [4.78, 5) is 16.5. The van der Waals surface area contributed by atoms with Crippen molar-refractivity contribution in [2.24, 2.45) is 5.92 Å². The number of carbonyl (C=O) groups is 1. The van der Waals surface area contributed by atoms with Crippen molar-refractivity contribution in [3.63, 3.8) is 0 Å². The standard InChI is InChI=1S/C23H27FN2O/c1-16-21(24)15-26-22(16)14-17-7-5-9-19(13-17)20-11-4-3-8-18(20)10-6-12-25(2)23(26)27/h3-5,7-9,11,13,16,21-22H,6,10,12,14-15H2,1-2H3. The lowest BCUT2D eigenvalue weighted by Gasteiger charge is -2.31. The van der Waals surface area contributed by atoms with Crippen LogP contribution in [0.2, 0.25) is 0 Å². The number of carbonyl (C=O) groups excluding carboxylic acids is 1. The average Bonchev–Trinajstić information content (AvgIpc) is 2.96. The first kappa shape index (κ1) is 18.0. The summed E-state index contributed by atoms with van der Waals surface area (Å²) in [5.74, 6) is -0.150. The third kappa shape index (κ3) is 3.45. The highest BCUT2D eigenvalue weighted by atomic mass is 19.1. The van der Waals surface area contributed by atoms with E-state index in [0.717, 1.165) is 18.4 Å². The van der Waals surface area contributed by atoms with Gasteiger partial charge in [-0.05, 0) is 41.5 Å². The zero-order chi connectivity index (χ0) is 19.0. The lowest BCUT2D eigenvalue weighted by Crippen LogP contribution is -2.46. The number of fused-ring (bicyclic) bond motifs is 5. The first-order valence-electron chi connectivity index (χ1n) is 9.87. The molecule has 3 nitrogen and oxygen atoms in total. The van der Waals surface area contributed by atoms with Crippen LogP contribution < -0.4 is 0 Å². The van der Waals surface area contributed by atoms with Gasteiger partial charge < -0.3 is 9.80 Å². The van der Waals surface area contributed by atoms with Gasteiger partial charge in [-0.1, -0.05) is 55.5 Å². The van der Waals surface area contributed by atoms with E-state index in [1.54, 1.807) is 9.80 Å². The molecular weight excluding hydrogens is 339 g/mol. The molecule has 142 valence electrons. The molecule has 27 heavy (non-hydrogen) atoms. The summed E-state index contributed by atoms with van der Waals surface area (Å²) < 4.78 is 14.5. The fourth-order valence-electron chi connectivity index (χ4n) is 4.48. The predicted octanol–water partition coefficient (Wildman–Crippen LogP) is 4.55. The Balaban J connectivity index is 1.76. The quantitative estimate of drug-likeness (QED) is 0.671. The van der Waals surface area contributed by atoms with Crippen molar-refractivity contribution in [1.82, 2.24) is 9.80 Å². The zero-order valence-corrected chi connectivity index (χ0v) is 16.1.